The van der Waals surface area contributed by atoms with E-state index in [-0.39, 0.29) is 43.9 Å². The van der Waals surface area contributed by atoms with Crippen molar-refractivity contribution in [1.29, 1.82) is 0 Å². The third kappa shape index (κ3) is 8.64. The molecule has 0 radical (unpaired) electrons. The van der Waals surface area contributed by atoms with Gasteiger partial charge in [-0.2, -0.15) is 0 Å². The molecule has 10 heteroatoms. The standard InChI is InChI=1S/C34H43N3O7/c1-5-42-30(39)19-35-34(41)36-28-17-15-27(16-18-28)33-43-29(20-37(4)23(3)31(40)25-9-7-6-8-10-25)22(2)32(44-33)26-13-11-24(21-38)12-14-26/h6-18,22-23,29,31-33,38,40H,5,19-21H2,1-4H3,(H2,35,36,41)/t22-,23-,29+,31-,32+,33+/m0/s1. The minimum absolute atomic E-state index is 0.0289. The Bertz CT molecular complexity index is 1340. The normalized spacial score (nSPS) is 21.3. The Morgan fingerprint density at radius 1 is 0.977 bits per heavy atom. The summed E-state index contributed by atoms with van der Waals surface area (Å²) in [6, 6.07) is 23.8. The fraction of sp³-hybridized carbons (Fsp3) is 0.412. The molecule has 0 spiro atoms. The van der Waals surface area contributed by atoms with Gasteiger partial charge in [-0.25, -0.2) is 4.79 Å². The van der Waals surface area contributed by atoms with Crippen molar-refractivity contribution in [3.8, 4) is 0 Å². The molecule has 0 unspecified atom stereocenters. The fourth-order valence-electron chi connectivity index (χ4n) is 5.21. The van der Waals surface area contributed by atoms with E-state index in [1.165, 1.54) is 0 Å². The summed E-state index contributed by atoms with van der Waals surface area (Å²) in [7, 11) is 1.98. The first-order valence-corrected chi connectivity index (χ1v) is 14.9. The average molecular weight is 606 g/mol. The summed E-state index contributed by atoms with van der Waals surface area (Å²) in [6.45, 7) is 6.33. The number of anilines is 1. The van der Waals surface area contributed by atoms with Crippen LogP contribution in [-0.4, -0.2) is 66.0 Å². The van der Waals surface area contributed by atoms with Gasteiger partial charge in [0.05, 0.1) is 31.5 Å². The lowest BCUT2D eigenvalue weighted by Gasteiger charge is -2.43. The molecule has 44 heavy (non-hydrogen) atoms. The van der Waals surface area contributed by atoms with Crippen LogP contribution >= 0.6 is 0 Å². The quantitative estimate of drug-likeness (QED) is 0.219. The van der Waals surface area contributed by atoms with Crippen LogP contribution in [0.25, 0.3) is 0 Å². The van der Waals surface area contributed by atoms with Gasteiger partial charge in [-0.05, 0) is 49.7 Å². The number of hydrogen-bond acceptors (Lipinski definition) is 8. The largest absolute Gasteiger partial charge is 0.465 e. The molecule has 10 nitrogen and oxygen atoms in total. The van der Waals surface area contributed by atoms with Gasteiger partial charge in [0.1, 0.15) is 6.54 Å². The van der Waals surface area contributed by atoms with Crippen LogP contribution in [-0.2, 0) is 25.6 Å². The van der Waals surface area contributed by atoms with Gasteiger partial charge in [0.2, 0.25) is 0 Å². The summed E-state index contributed by atoms with van der Waals surface area (Å²) < 4.78 is 17.9. The minimum Gasteiger partial charge on any atom is -0.465 e. The number of aliphatic hydroxyl groups is 2. The van der Waals surface area contributed by atoms with Crippen LogP contribution < -0.4 is 10.6 Å². The van der Waals surface area contributed by atoms with Gasteiger partial charge < -0.3 is 35.1 Å². The van der Waals surface area contributed by atoms with E-state index in [2.05, 4.69) is 22.5 Å². The van der Waals surface area contributed by atoms with Gasteiger partial charge in [-0.3, -0.25) is 9.69 Å². The molecule has 1 fully saturated rings. The van der Waals surface area contributed by atoms with Gasteiger partial charge >= 0.3 is 12.0 Å². The Balaban J connectivity index is 1.49. The molecular formula is C34H43N3O7. The van der Waals surface area contributed by atoms with E-state index in [4.69, 9.17) is 14.2 Å². The Morgan fingerprint density at radius 2 is 1.64 bits per heavy atom. The van der Waals surface area contributed by atoms with Crippen molar-refractivity contribution in [3.63, 3.8) is 0 Å². The van der Waals surface area contributed by atoms with Crippen molar-refractivity contribution in [3.05, 3.63) is 101 Å². The van der Waals surface area contributed by atoms with Crippen LogP contribution in [0.2, 0.25) is 0 Å². The summed E-state index contributed by atoms with van der Waals surface area (Å²) >= 11 is 0. The SMILES string of the molecule is CCOC(=O)CNC(=O)Nc1ccc([C@@H]2O[C@H](CN(C)[C@@H](C)[C@H](O)c3ccccc3)[C@H](C)[C@H](c3ccc(CO)cc3)O2)cc1. The molecule has 0 aromatic heterocycles. The summed E-state index contributed by atoms with van der Waals surface area (Å²) in [5, 5.41) is 25.8. The first kappa shape index (κ1) is 33.1. The van der Waals surface area contributed by atoms with Crippen molar-refractivity contribution < 1.29 is 34.0 Å². The molecule has 6 atom stereocenters. The molecule has 3 aromatic rings. The van der Waals surface area contributed by atoms with E-state index in [0.29, 0.717) is 12.2 Å². The highest BCUT2D eigenvalue weighted by Gasteiger charge is 2.39. The number of amides is 2. The lowest BCUT2D eigenvalue weighted by Crippen LogP contribution is -2.46. The highest BCUT2D eigenvalue weighted by atomic mass is 16.7. The zero-order chi connectivity index (χ0) is 31.6. The van der Waals surface area contributed by atoms with E-state index in [9.17, 15) is 19.8 Å². The average Bonchev–Trinajstić information content (AvgIpc) is 3.05. The third-order valence-corrected chi connectivity index (χ3v) is 8.02. The molecule has 0 aliphatic carbocycles. The highest BCUT2D eigenvalue weighted by molar-refractivity contribution is 5.91. The molecule has 4 rings (SSSR count). The van der Waals surface area contributed by atoms with Crippen LogP contribution in [0, 0.1) is 5.92 Å². The summed E-state index contributed by atoms with van der Waals surface area (Å²) in [4.78, 5) is 25.8. The van der Waals surface area contributed by atoms with Gasteiger partial charge in [-0.15, -0.1) is 0 Å². The molecular weight excluding hydrogens is 562 g/mol. The van der Waals surface area contributed by atoms with Crippen LogP contribution in [0.1, 0.15) is 61.5 Å². The lowest BCUT2D eigenvalue weighted by molar-refractivity contribution is -0.276. The predicted octanol–water partition coefficient (Wildman–Crippen LogP) is 4.71. The van der Waals surface area contributed by atoms with Crippen LogP contribution in [0.3, 0.4) is 0 Å². The van der Waals surface area contributed by atoms with Gasteiger partial charge in [0, 0.05) is 29.8 Å². The maximum atomic E-state index is 12.2. The topological polar surface area (TPSA) is 130 Å². The number of nitrogens with zero attached hydrogens (tertiary/aromatic N) is 1. The first-order chi connectivity index (χ1) is 21.2. The number of rotatable bonds is 12. The second kappa shape index (κ2) is 15.8. The third-order valence-electron chi connectivity index (χ3n) is 8.02. The van der Waals surface area contributed by atoms with Crippen LogP contribution in [0.15, 0.2) is 78.9 Å². The monoisotopic (exact) mass is 605 g/mol. The number of esters is 1. The molecule has 1 saturated heterocycles. The zero-order valence-electron chi connectivity index (χ0n) is 25.7. The van der Waals surface area contributed by atoms with Crippen molar-refractivity contribution in [1.82, 2.24) is 10.2 Å². The van der Waals surface area contributed by atoms with Crippen molar-refractivity contribution in [2.24, 2.45) is 5.92 Å². The van der Waals surface area contributed by atoms with E-state index in [1.807, 2.05) is 80.7 Å². The number of nitrogens with one attached hydrogen (secondary N) is 2. The number of carbonyl (C=O) groups excluding carboxylic acids is 2. The lowest BCUT2D eigenvalue weighted by atomic mass is 9.89. The number of ether oxygens (including phenoxy) is 3. The summed E-state index contributed by atoms with van der Waals surface area (Å²) in [6.07, 6.45) is -1.88. The van der Waals surface area contributed by atoms with Gasteiger partial charge in [-0.1, -0.05) is 73.7 Å². The number of hydrogen-bond donors (Lipinski definition) is 4. The number of aliphatic hydroxyl groups excluding tert-OH is 2. The van der Waals surface area contributed by atoms with E-state index < -0.39 is 24.4 Å². The van der Waals surface area contributed by atoms with Crippen LogP contribution in [0.5, 0.6) is 0 Å². The molecule has 4 N–H and O–H groups in total. The first-order valence-electron chi connectivity index (χ1n) is 14.9. The van der Waals surface area contributed by atoms with Crippen molar-refractivity contribution in [2.45, 2.75) is 58.0 Å². The Hall–Kier alpha value is -3.80. The van der Waals surface area contributed by atoms with Gasteiger partial charge in [0.15, 0.2) is 6.29 Å². The molecule has 0 bridgehead atoms. The van der Waals surface area contributed by atoms with Crippen molar-refractivity contribution >= 4 is 17.7 Å². The highest BCUT2D eigenvalue weighted by Crippen LogP contribution is 2.42. The maximum absolute atomic E-state index is 12.2. The van der Waals surface area contributed by atoms with E-state index in [0.717, 1.165) is 22.3 Å². The second-order valence-electron chi connectivity index (χ2n) is 11.1. The van der Waals surface area contributed by atoms with E-state index >= 15 is 0 Å². The second-order valence-corrected chi connectivity index (χ2v) is 11.1. The Kier molecular flexibility index (Phi) is 11.9. The van der Waals surface area contributed by atoms with Crippen molar-refractivity contribution in [2.75, 3.05) is 32.1 Å². The molecule has 1 aliphatic rings. The van der Waals surface area contributed by atoms with E-state index in [1.54, 1.807) is 19.1 Å². The Morgan fingerprint density at radius 3 is 2.27 bits per heavy atom. The van der Waals surface area contributed by atoms with Gasteiger partial charge in [0.25, 0.3) is 0 Å². The Labute approximate surface area is 258 Å². The summed E-state index contributed by atoms with van der Waals surface area (Å²) in [5.74, 6) is -0.540. The molecule has 2 amide bonds. The number of benzene rings is 3. The molecule has 3 aromatic carbocycles. The molecule has 236 valence electrons. The minimum atomic E-state index is -0.687. The number of likely N-dealkylation sites (N-methyl/N-ethyl adjacent to an activating group) is 1. The molecule has 0 saturated carbocycles. The summed E-state index contributed by atoms with van der Waals surface area (Å²) in [5.41, 5.74) is 3.96. The smallest absolute Gasteiger partial charge is 0.325 e. The number of urea groups is 1. The molecule has 1 heterocycles. The maximum Gasteiger partial charge on any atom is 0.325 e. The predicted molar refractivity (Wildman–Crippen MR) is 167 cm³/mol. The van der Waals surface area contributed by atoms with Crippen LogP contribution in [0.4, 0.5) is 10.5 Å². The number of carbonyl (C=O) groups is 2. The molecule has 1 aliphatic heterocycles. The zero-order valence-corrected chi connectivity index (χ0v) is 25.7. The fourth-order valence-corrected chi connectivity index (χ4v) is 5.21.